The average molecular weight is 550 g/mol. The summed E-state index contributed by atoms with van der Waals surface area (Å²) in [5.41, 5.74) is 12.4. The Kier molecular flexibility index (Phi) is 6.37. The molecule has 1 saturated carbocycles. The maximum Gasteiger partial charge on any atom is 0.296 e. The number of pyridine rings is 1. The minimum Gasteiger partial charge on any atom is -0.383 e. The Bertz CT molecular complexity index is 1900. The molecule has 0 radical (unpaired) electrons. The van der Waals surface area contributed by atoms with Gasteiger partial charge in [-0.1, -0.05) is 66.2 Å². The molecule has 0 saturated heterocycles. The van der Waals surface area contributed by atoms with Crippen LogP contribution in [0.5, 0.6) is 0 Å². The summed E-state index contributed by atoms with van der Waals surface area (Å²) in [4.78, 5) is 5.05. The minimum atomic E-state index is -3.83. The van der Waals surface area contributed by atoms with Crippen molar-refractivity contribution in [2.75, 3.05) is 12.8 Å². The van der Waals surface area contributed by atoms with Gasteiger partial charge in [-0.3, -0.25) is 4.18 Å². The summed E-state index contributed by atoms with van der Waals surface area (Å²) in [5.74, 6) is 0.310. The lowest BCUT2D eigenvalue weighted by atomic mass is 9.75. The van der Waals surface area contributed by atoms with Gasteiger partial charge in [0.15, 0.2) is 0 Å². The Morgan fingerprint density at radius 1 is 1.00 bits per heavy atom. The van der Waals surface area contributed by atoms with Crippen molar-refractivity contribution in [1.82, 2.24) is 14.8 Å². The Morgan fingerprint density at radius 3 is 2.48 bits per heavy atom. The summed E-state index contributed by atoms with van der Waals surface area (Å²) in [6, 6.07) is 27.3. The molecule has 1 aliphatic rings. The summed E-state index contributed by atoms with van der Waals surface area (Å²) < 4.78 is 31.5. The molecule has 2 heterocycles. The predicted octanol–water partition coefficient (Wildman–Crippen LogP) is 5.98. The molecule has 8 nitrogen and oxygen atoms in total. The van der Waals surface area contributed by atoms with Crippen LogP contribution in [0.25, 0.3) is 33.4 Å². The molecule has 9 heteroatoms. The zero-order valence-electron chi connectivity index (χ0n) is 22.1. The van der Waals surface area contributed by atoms with Crippen LogP contribution in [0.4, 0.5) is 5.82 Å². The van der Waals surface area contributed by atoms with E-state index in [0.717, 1.165) is 38.9 Å². The van der Waals surface area contributed by atoms with Crippen molar-refractivity contribution >= 4 is 26.8 Å². The molecule has 0 atom stereocenters. The van der Waals surface area contributed by atoms with Gasteiger partial charge in [0, 0.05) is 16.5 Å². The predicted molar refractivity (Wildman–Crippen MR) is 154 cm³/mol. The first-order valence-corrected chi connectivity index (χ1v) is 14.4. The van der Waals surface area contributed by atoms with Crippen LogP contribution >= 0.6 is 0 Å². The molecule has 0 amide bonds. The third-order valence-electron chi connectivity index (χ3n) is 7.65. The van der Waals surface area contributed by atoms with E-state index in [1.807, 2.05) is 73.7 Å². The van der Waals surface area contributed by atoms with E-state index in [4.69, 9.17) is 20.0 Å². The van der Waals surface area contributed by atoms with Gasteiger partial charge in [-0.15, -0.1) is 0 Å². The lowest BCUT2D eigenvalue weighted by Gasteiger charge is -2.37. The molecule has 6 rings (SSSR count). The number of rotatable bonds is 6. The molecule has 2 N–H and O–H groups in total. The van der Waals surface area contributed by atoms with Gasteiger partial charge in [-0.05, 0) is 49.4 Å². The molecule has 2 aromatic heterocycles. The zero-order chi connectivity index (χ0) is 28.0. The summed E-state index contributed by atoms with van der Waals surface area (Å²) in [6.45, 7) is 1.93. The van der Waals surface area contributed by atoms with Crippen molar-refractivity contribution in [1.29, 1.82) is 5.26 Å². The highest BCUT2D eigenvalue weighted by Crippen LogP contribution is 2.48. The summed E-state index contributed by atoms with van der Waals surface area (Å²) in [6.07, 6.45) is 1.29. The standard InChI is InChI=1S/C31H27N5O3S/c1-19-8-13-29(40(37,38)39-2)25(14-19)23-15-24(16-23)36-31(33)26(18-32)30(35-36)22-10-9-21-11-12-27(34-28(21)17-22)20-6-4-3-5-7-20/h3-14,17,23-24H,15-16,33H2,1-2H3. The first-order valence-electron chi connectivity index (χ1n) is 12.9. The van der Waals surface area contributed by atoms with Gasteiger partial charge in [0.05, 0.1) is 29.3 Å². The van der Waals surface area contributed by atoms with Gasteiger partial charge in [-0.2, -0.15) is 18.8 Å². The van der Waals surface area contributed by atoms with Crippen molar-refractivity contribution in [2.24, 2.45) is 0 Å². The van der Waals surface area contributed by atoms with Crippen LogP contribution < -0.4 is 5.73 Å². The molecule has 1 fully saturated rings. The Hall–Kier alpha value is -4.52. The van der Waals surface area contributed by atoms with E-state index in [9.17, 15) is 13.7 Å². The van der Waals surface area contributed by atoms with Crippen molar-refractivity contribution < 1.29 is 12.6 Å². The van der Waals surface area contributed by atoms with Crippen LogP contribution in [0.3, 0.4) is 0 Å². The number of nitrogens with zero attached hydrogens (tertiary/aromatic N) is 4. The van der Waals surface area contributed by atoms with Gasteiger partial charge in [0.25, 0.3) is 10.1 Å². The first kappa shape index (κ1) is 25.7. The topological polar surface area (TPSA) is 124 Å². The number of aryl methyl sites for hydroxylation is 1. The molecule has 0 spiro atoms. The monoisotopic (exact) mass is 549 g/mol. The molecular formula is C31H27N5O3S. The van der Waals surface area contributed by atoms with Crippen LogP contribution in [0, 0.1) is 18.3 Å². The van der Waals surface area contributed by atoms with E-state index >= 15 is 0 Å². The number of nitrogens with two attached hydrogens (primary N) is 1. The number of anilines is 1. The second-order valence-corrected chi connectivity index (χ2v) is 11.8. The van der Waals surface area contributed by atoms with Crippen LogP contribution in [0.15, 0.2) is 83.8 Å². The van der Waals surface area contributed by atoms with Crippen LogP contribution in [0.1, 0.15) is 41.5 Å². The van der Waals surface area contributed by atoms with Crippen molar-refractivity contribution in [2.45, 2.75) is 36.6 Å². The number of hydrogen-bond acceptors (Lipinski definition) is 7. The second kappa shape index (κ2) is 9.90. The molecule has 200 valence electrons. The number of aromatic nitrogens is 3. The van der Waals surface area contributed by atoms with Crippen LogP contribution in [-0.4, -0.2) is 30.3 Å². The number of nitriles is 1. The Morgan fingerprint density at radius 2 is 1.75 bits per heavy atom. The van der Waals surface area contributed by atoms with E-state index < -0.39 is 10.1 Å². The van der Waals surface area contributed by atoms with Crippen LogP contribution in [0.2, 0.25) is 0 Å². The Labute approximate surface area is 232 Å². The van der Waals surface area contributed by atoms with Gasteiger partial charge < -0.3 is 5.73 Å². The fraction of sp³-hybridized carbons (Fsp3) is 0.194. The summed E-state index contributed by atoms with van der Waals surface area (Å²) in [7, 11) is -2.67. The lowest BCUT2D eigenvalue weighted by molar-refractivity contribution is 0.246. The average Bonchev–Trinajstić information content (AvgIpc) is 3.27. The third-order valence-corrected chi connectivity index (χ3v) is 9.00. The van der Waals surface area contributed by atoms with E-state index in [0.29, 0.717) is 29.9 Å². The largest absolute Gasteiger partial charge is 0.383 e. The fourth-order valence-corrected chi connectivity index (χ4v) is 6.35. The third kappa shape index (κ3) is 4.41. The zero-order valence-corrected chi connectivity index (χ0v) is 22.9. The first-order chi connectivity index (χ1) is 19.3. The SMILES string of the molecule is COS(=O)(=O)c1ccc(C)cc1C1CC(n2nc(-c3ccc4ccc(-c5ccccc5)nc4c3)c(C#N)c2N)C1. The van der Waals surface area contributed by atoms with E-state index in [1.54, 1.807) is 16.8 Å². The molecule has 0 unspecified atom stereocenters. The minimum absolute atomic E-state index is 0.00341. The van der Waals surface area contributed by atoms with Gasteiger partial charge >= 0.3 is 0 Å². The maximum absolute atomic E-state index is 12.5. The molecule has 40 heavy (non-hydrogen) atoms. The van der Waals surface area contributed by atoms with E-state index in [2.05, 4.69) is 6.07 Å². The summed E-state index contributed by atoms with van der Waals surface area (Å²) in [5, 5.41) is 15.8. The molecular weight excluding hydrogens is 522 g/mol. The highest BCUT2D eigenvalue weighted by Gasteiger charge is 2.37. The maximum atomic E-state index is 12.5. The number of fused-ring (bicyclic) bond motifs is 1. The molecule has 3 aromatic carbocycles. The van der Waals surface area contributed by atoms with Crippen molar-refractivity contribution in [3.8, 4) is 28.6 Å². The van der Waals surface area contributed by atoms with Crippen molar-refractivity contribution in [3.05, 3.63) is 95.6 Å². The van der Waals surface area contributed by atoms with Gasteiger partial charge in [0.2, 0.25) is 0 Å². The molecule has 0 bridgehead atoms. The quantitative estimate of drug-likeness (QED) is 0.258. The smallest absolute Gasteiger partial charge is 0.296 e. The fourth-order valence-electron chi connectivity index (χ4n) is 5.42. The summed E-state index contributed by atoms with van der Waals surface area (Å²) >= 11 is 0. The van der Waals surface area contributed by atoms with E-state index in [-0.39, 0.29) is 16.9 Å². The van der Waals surface area contributed by atoms with Crippen LogP contribution in [-0.2, 0) is 14.3 Å². The lowest BCUT2D eigenvalue weighted by Crippen LogP contribution is -2.28. The van der Waals surface area contributed by atoms with Gasteiger partial charge in [-0.25, -0.2) is 9.67 Å². The molecule has 5 aromatic rings. The van der Waals surface area contributed by atoms with E-state index in [1.165, 1.54) is 7.11 Å². The number of benzene rings is 3. The normalized spacial score (nSPS) is 16.9. The number of nitrogen functional groups attached to an aromatic ring is 1. The highest BCUT2D eigenvalue weighted by atomic mass is 32.2. The molecule has 1 aliphatic carbocycles. The Balaban J connectivity index is 1.32. The van der Waals surface area contributed by atoms with Crippen molar-refractivity contribution in [3.63, 3.8) is 0 Å². The molecule has 0 aliphatic heterocycles. The number of hydrogen-bond donors (Lipinski definition) is 1. The highest BCUT2D eigenvalue weighted by molar-refractivity contribution is 7.86. The second-order valence-electron chi connectivity index (χ2n) is 10.1. The van der Waals surface area contributed by atoms with Gasteiger partial charge in [0.1, 0.15) is 23.1 Å².